The minimum Gasteiger partial charge on any atom is -0.369 e. The highest BCUT2D eigenvalue weighted by atomic mass is 31.2. The highest BCUT2D eigenvalue weighted by Crippen LogP contribution is 2.55. The Morgan fingerprint density at radius 1 is 1.48 bits per heavy atom. The van der Waals surface area contributed by atoms with Gasteiger partial charge in [-0.2, -0.15) is 4.98 Å². The second kappa shape index (κ2) is 7.86. The van der Waals surface area contributed by atoms with Crippen LogP contribution in [0.2, 0.25) is 0 Å². The van der Waals surface area contributed by atoms with Gasteiger partial charge in [0.05, 0.1) is 25.1 Å². The number of nitrogens with zero attached hydrogens (tertiary/aromatic N) is 6. The molecule has 16 nitrogen and oxygen atoms in total. The lowest BCUT2D eigenvalue weighted by Crippen LogP contribution is -2.24. The maximum Gasteiger partial charge on any atom is 0.340 e. The van der Waals surface area contributed by atoms with Gasteiger partial charge in [-0.3, -0.25) is 23.5 Å². The van der Waals surface area contributed by atoms with Crippen molar-refractivity contribution < 1.29 is 33.1 Å². The van der Waals surface area contributed by atoms with E-state index in [0.717, 1.165) is 0 Å². The third-order valence-electron chi connectivity index (χ3n) is 3.97. The molecule has 0 amide bonds. The summed E-state index contributed by atoms with van der Waals surface area (Å²) in [5.74, 6) is -1.51. The number of azide groups is 1. The first-order valence-corrected chi connectivity index (χ1v) is 11.5. The Hall–Kier alpha value is -2.28. The first-order valence-electron chi connectivity index (χ1n) is 7.92. The smallest absolute Gasteiger partial charge is 0.340 e. The summed E-state index contributed by atoms with van der Waals surface area (Å²) in [5.41, 5.74) is 13.9. The molecule has 0 radical (unpaired) electrons. The van der Waals surface area contributed by atoms with Crippen molar-refractivity contribution in [2.24, 2.45) is 5.11 Å². The molecule has 1 aliphatic heterocycles. The summed E-state index contributed by atoms with van der Waals surface area (Å²) in [6, 6.07) is -0.836. The van der Waals surface area contributed by atoms with Crippen LogP contribution in [0.1, 0.15) is 12.6 Å². The predicted molar refractivity (Wildman–Crippen MR) is 96.7 cm³/mol. The van der Waals surface area contributed by atoms with Gasteiger partial charge in [0.15, 0.2) is 17.1 Å². The molecule has 0 saturated carbocycles. The number of aromatic nitrogens is 4. The Balaban J connectivity index is 1.81. The number of H-pyrrole nitrogens is 1. The van der Waals surface area contributed by atoms with Crippen molar-refractivity contribution in [3.05, 3.63) is 27.1 Å². The van der Waals surface area contributed by atoms with E-state index in [9.17, 15) is 18.8 Å². The van der Waals surface area contributed by atoms with E-state index in [0.29, 0.717) is 0 Å². The summed E-state index contributed by atoms with van der Waals surface area (Å²) in [7, 11) is -9.41. The van der Waals surface area contributed by atoms with Gasteiger partial charge in [0, 0.05) is 11.3 Å². The molecule has 1 fully saturated rings. The Morgan fingerprint density at radius 3 is 2.86 bits per heavy atom. The van der Waals surface area contributed by atoms with Crippen LogP contribution in [0.15, 0.2) is 16.2 Å². The van der Waals surface area contributed by atoms with Crippen LogP contribution in [0.4, 0.5) is 5.95 Å². The second-order valence-electron chi connectivity index (χ2n) is 6.15. The molecular weight excluding hydrogens is 434 g/mol. The van der Waals surface area contributed by atoms with Gasteiger partial charge in [-0.15, -0.1) is 0 Å². The molecule has 0 aliphatic carbocycles. The molecule has 158 valence electrons. The van der Waals surface area contributed by atoms with E-state index < -0.39 is 51.6 Å². The van der Waals surface area contributed by atoms with Gasteiger partial charge in [-0.1, -0.05) is 5.11 Å². The van der Waals surface area contributed by atoms with Crippen molar-refractivity contribution in [1.82, 2.24) is 19.5 Å². The van der Waals surface area contributed by atoms with Crippen LogP contribution in [-0.2, 0) is 18.4 Å². The quantitative estimate of drug-likeness (QED) is 0.162. The molecule has 2 aromatic heterocycles. The van der Waals surface area contributed by atoms with Crippen LogP contribution in [0.25, 0.3) is 21.6 Å². The fourth-order valence-electron chi connectivity index (χ4n) is 2.84. The molecule has 0 aromatic carbocycles. The van der Waals surface area contributed by atoms with Gasteiger partial charge < -0.3 is 29.7 Å². The number of fused-ring (bicyclic) bond motifs is 1. The van der Waals surface area contributed by atoms with Crippen LogP contribution in [0.5, 0.6) is 0 Å². The van der Waals surface area contributed by atoms with Crippen LogP contribution < -0.4 is 11.3 Å². The van der Waals surface area contributed by atoms with Crippen LogP contribution in [0.3, 0.4) is 0 Å². The van der Waals surface area contributed by atoms with E-state index in [2.05, 4.69) is 25.0 Å². The minimum absolute atomic E-state index is 0.00402. The minimum atomic E-state index is -4.79. The normalized spacial score (nSPS) is 24.3. The summed E-state index contributed by atoms with van der Waals surface area (Å²) in [6.07, 6.45) is -0.466. The summed E-state index contributed by atoms with van der Waals surface area (Å²) in [5, 5.41) is 3.56. The second-order valence-corrected chi connectivity index (χ2v) is 10.1. The van der Waals surface area contributed by atoms with E-state index in [4.69, 9.17) is 30.3 Å². The first-order chi connectivity index (χ1) is 13.5. The van der Waals surface area contributed by atoms with Gasteiger partial charge in [-0.05, 0) is 5.53 Å². The summed E-state index contributed by atoms with van der Waals surface area (Å²) in [4.78, 5) is 52.1. The highest BCUT2D eigenvalue weighted by Gasteiger charge is 2.39. The lowest BCUT2D eigenvalue weighted by molar-refractivity contribution is -0.0198. The van der Waals surface area contributed by atoms with Gasteiger partial charge >= 0.3 is 15.2 Å². The largest absolute Gasteiger partial charge is 0.369 e. The Labute approximate surface area is 161 Å². The van der Waals surface area contributed by atoms with Crippen LogP contribution in [0, 0.1) is 0 Å². The molecule has 1 saturated heterocycles. The number of hydrogen-bond donors (Lipinski definition) is 5. The maximum absolute atomic E-state index is 11.9. The number of aromatic amines is 1. The van der Waals surface area contributed by atoms with Gasteiger partial charge in [-0.25, -0.2) is 4.98 Å². The van der Waals surface area contributed by atoms with Crippen molar-refractivity contribution in [2.75, 3.05) is 18.2 Å². The molecule has 3 heterocycles. The molecule has 1 aliphatic rings. The molecule has 0 bridgehead atoms. The third kappa shape index (κ3) is 5.01. The molecule has 18 heteroatoms. The van der Waals surface area contributed by atoms with Crippen molar-refractivity contribution >= 4 is 32.3 Å². The average molecular weight is 450 g/mol. The predicted octanol–water partition coefficient (Wildman–Crippen LogP) is 0.00540. The van der Waals surface area contributed by atoms with Gasteiger partial charge in [0.2, 0.25) is 5.95 Å². The molecule has 4 atom stereocenters. The number of anilines is 1. The molecule has 3 rings (SSSR count). The number of imidazole rings is 1. The van der Waals surface area contributed by atoms with E-state index >= 15 is 0 Å². The van der Waals surface area contributed by atoms with Crippen LogP contribution in [-0.4, -0.2) is 58.9 Å². The van der Waals surface area contributed by atoms with Crippen molar-refractivity contribution in [3.8, 4) is 0 Å². The number of rotatable bonds is 7. The zero-order valence-electron chi connectivity index (χ0n) is 14.5. The van der Waals surface area contributed by atoms with Gasteiger partial charge in [0.25, 0.3) is 5.56 Å². The number of ether oxygens (including phenoxy) is 1. The molecule has 29 heavy (non-hydrogen) atoms. The zero-order valence-corrected chi connectivity index (χ0v) is 16.3. The molecule has 6 N–H and O–H groups in total. The first kappa shape index (κ1) is 21.4. The Kier molecular flexibility index (Phi) is 5.81. The highest BCUT2D eigenvalue weighted by molar-refractivity contribution is 7.70. The van der Waals surface area contributed by atoms with Crippen LogP contribution >= 0.6 is 15.2 Å². The van der Waals surface area contributed by atoms with Crippen molar-refractivity contribution in [2.45, 2.75) is 24.8 Å². The molecule has 0 spiro atoms. The van der Waals surface area contributed by atoms with E-state index in [1.165, 1.54) is 10.9 Å². The number of nitrogens with one attached hydrogen (secondary N) is 1. The summed E-state index contributed by atoms with van der Waals surface area (Å²) in [6.45, 7) is -0.573. The van der Waals surface area contributed by atoms with E-state index in [1.807, 2.05) is 0 Å². The zero-order chi connectivity index (χ0) is 21.4. The molecule has 2 aromatic rings. The Bertz CT molecular complexity index is 1120. The van der Waals surface area contributed by atoms with Crippen molar-refractivity contribution in [3.63, 3.8) is 0 Å². The van der Waals surface area contributed by atoms with Crippen molar-refractivity contribution in [1.29, 1.82) is 0 Å². The van der Waals surface area contributed by atoms with E-state index in [-0.39, 0.29) is 23.5 Å². The topological polar surface area (TPSA) is 252 Å². The SMILES string of the molecule is [N-]=[N+]=NC1C[C@H](n2cnc3c(=O)[nH]c(N)nc32)O[C@@H]1COP(=O)(O)CP(=O)(O)O. The number of nitrogens with two attached hydrogens (primary N) is 1. The van der Waals surface area contributed by atoms with Gasteiger partial charge in [0.1, 0.15) is 6.23 Å². The van der Waals surface area contributed by atoms with E-state index in [1.54, 1.807) is 0 Å². The molecule has 2 unspecified atom stereocenters. The Morgan fingerprint density at radius 2 is 2.21 bits per heavy atom. The maximum atomic E-state index is 11.9. The summed E-state index contributed by atoms with van der Waals surface area (Å²) < 4.78 is 34.6. The fourth-order valence-corrected chi connectivity index (χ4v) is 5.41. The average Bonchev–Trinajstić information content (AvgIpc) is 3.15. The standard InChI is InChI=1S/C11H16N8O8P2/c12-11-15-9-8(10(20)16-11)14-3-19(9)7-1-5(17-18-13)6(27-7)2-26-29(24,25)4-28(21,22)23/h3,5-7H,1-2,4H2,(H,24,25)(H2,21,22,23)(H3,12,15,16,20)/t5?,6-,7-/m1/s1. The lowest BCUT2D eigenvalue weighted by atomic mass is 10.1. The summed E-state index contributed by atoms with van der Waals surface area (Å²) >= 11 is 0. The fraction of sp³-hybridized carbons (Fsp3) is 0.545. The lowest BCUT2D eigenvalue weighted by Gasteiger charge is -2.19. The monoisotopic (exact) mass is 450 g/mol. The number of nitrogen functional groups attached to an aromatic ring is 1. The molecular formula is C11H16N8O8P2. The number of hydrogen-bond acceptors (Lipinski definition) is 9. The third-order valence-corrected chi connectivity index (χ3v) is 7.42.